The van der Waals surface area contributed by atoms with Gasteiger partial charge >= 0.3 is 5.97 Å². The van der Waals surface area contributed by atoms with E-state index in [0.29, 0.717) is 17.8 Å². The molecule has 5 nitrogen and oxygen atoms in total. The summed E-state index contributed by atoms with van der Waals surface area (Å²) in [7, 11) is -3.46. The predicted molar refractivity (Wildman–Crippen MR) is 78.1 cm³/mol. The lowest BCUT2D eigenvalue weighted by Gasteiger charge is -2.13. The van der Waals surface area contributed by atoms with Crippen LogP contribution in [0.3, 0.4) is 0 Å². The van der Waals surface area contributed by atoms with Crippen LogP contribution in [0.5, 0.6) is 0 Å². The lowest BCUT2D eigenvalue weighted by atomic mass is 10.1. The molecule has 1 fully saturated rings. The first kappa shape index (κ1) is 13.9. The predicted octanol–water partition coefficient (Wildman–Crippen LogP) is 2.62. The molecule has 0 aliphatic heterocycles. The summed E-state index contributed by atoms with van der Waals surface area (Å²) < 4.78 is 27.2. The second-order valence-corrected chi connectivity index (χ2v) is 8.49. The Morgan fingerprint density at radius 3 is 2.55 bits per heavy atom. The average molecular weight is 315 g/mol. The van der Waals surface area contributed by atoms with Gasteiger partial charge in [0.2, 0.25) is 10.0 Å². The Morgan fingerprint density at radius 2 is 1.90 bits per heavy atom. The fraction of sp³-hybridized carbons (Fsp3) is 0.615. The number of nitrogens with one attached hydrogen (secondary N) is 1. The second kappa shape index (κ2) is 5.04. The van der Waals surface area contributed by atoms with E-state index < -0.39 is 16.0 Å². The number of rotatable bonds is 4. The molecule has 2 aliphatic rings. The molecule has 2 aliphatic carbocycles. The van der Waals surface area contributed by atoms with Crippen molar-refractivity contribution in [2.45, 2.75) is 50.2 Å². The van der Waals surface area contributed by atoms with Gasteiger partial charge in [-0.25, -0.2) is 13.2 Å². The van der Waals surface area contributed by atoms with Crippen molar-refractivity contribution in [3.8, 4) is 0 Å². The molecule has 7 heteroatoms. The van der Waals surface area contributed by atoms with Crippen molar-refractivity contribution in [3.63, 3.8) is 0 Å². The highest BCUT2D eigenvalue weighted by molar-refractivity contribution is 7.93. The van der Waals surface area contributed by atoms with Crippen molar-refractivity contribution < 1.29 is 18.3 Å². The normalized spacial score (nSPS) is 19.2. The van der Waals surface area contributed by atoms with Gasteiger partial charge in [-0.15, -0.1) is 11.3 Å². The van der Waals surface area contributed by atoms with Gasteiger partial charge in [0.1, 0.15) is 5.00 Å². The number of hydrogen-bond acceptors (Lipinski definition) is 4. The fourth-order valence-electron chi connectivity index (χ4n) is 3.11. The van der Waals surface area contributed by atoms with Crippen LogP contribution >= 0.6 is 11.3 Å². The summed E-state index contributed by atoms with van der Waals surface area (Å²) in [6.45, 7) is 0. The van der Waals surface area contributed by atoms with Crippen LogP contribution in [-0.2, 0) is 22.9 Å². The van der Waals surface area contributed by atoms with Crippen molar-refractivity contribution >= 4 is 32.3 Å². The van der Waals surface area contributed by atoms with E-state index >= 15 is 0 Å². The van der Waals surface area contributed by atoms with Crippen molar-refractivity contribution in [2.24, 2.45) is 0 Å². The SMILES string of the molecule is O=C(O)c1c(NS(=O)(=O)C2CCCC2)sc2c1CCC2. The van der Waals surface area contributed by atoms with Crippen LogP contribution in [0.1, 0.15) is 52.9 Å². The van der Waals surface area contributed by atoms with E-state index in [9.17, 15) is 18.3 Å². The number of carboxylic acid groups (broad SMARTS) is 1. The molecule has 0 spiro atoms. The first-order valence-electron chi connectivity index (χ1n) is 6.88. The number of carboxylic acids is 1. The van der Waals surface area contributed by atoms with Crippen molar-refractivity contribution in [1.82, 2.24) is 0 Å². The Hall–Kier alpha value is -1.08. The van der Waals surface area contributed by atoms with E-state index in [2.05, 4.69) is 4.72 Å². The van der Waals surface area contributed by atoms with Crippen LogP contribution in [-0.4, -0.2) is 24.7 Å². The van der Waals surface area contributed by atoms with E-state index in [0.717, 1.165) is 42.5 Å². The van der Waals surface area contributed by atoms with E-state index in [-0.39, 0.29) is 10.8 Å². The minimum Gasteiger partial charge on any atom is -0.478 e. The number of hydrogen-bond donors (Lipinski definition) is 2. The summed E-state index contributed by atoms with van der Waals surface area (Å²) in [5.41, 5.74) is 0.996. The molecule has 20 heavy (non-hydrogen) atoms. The highest BCUT2D eigenvalue weighted by Crippen LogP contribution is 2.40. The number of fused-ring (bicyclic) bond motifs is 1. The maximum Gasteiger partial charge on any atom is 0.339 e. The van der Waals surface area contributed by atoms with E-state index in [4.69, 9.17) is 0 Å². The zero-order valence-electron chi connectivity index (χ0n) is 11.0. The Kier molecular flexibility index (Phi) is 3.50. The van der Waals surface area contributed by atoms with Crippen molar-refractivity contribution in [1.29, 1.82) is 0 Å². The van der Waals surface area contributed by atoms with Gasteiger partial charge in [0.25, 0.3) is 0 Å². The molecule has 1 heterocycles. The molecule has 1 aromatic heterocycles. The first-order chi connectivity index (χ1) is 9.49. The largest absolute Gasteiger partial charge is 0.478 e. The topological polar surface area (TPSA) is 83.5 Å². The van der Waals surface area contributed by atoms with Crippen LogP contribution < -0.4 is 4.72 Å². The highest BCUT2D eigenvalue weighted by Gasteiger charge is 2.33. The minimum absolute atomic E-state index is 0.170. The molecule has 0 radical (unpaired) electrons. The third-order valence-corrected chi connectivity index (χ3v) is 7.29. The van der Waals surface area contributed by atoms with Gasteiger partial charge in [0.05, 0.1) is 10.8 Å². The molecule has 1 aromatic rings. The lowest BCUT2D eigenvalue weighted by Crippen LogP contribution is -2.25. The maximum absolute atomic E-state index is 12.3. The highest BCUT2D eigenvalue weighted by atomic mass is 32.2. The number of sulfonamides is 1. The minimum atomic E-state index is -3.46. The fourth-order valence-corrected chi connectivity index (χ4v) is 6.24. The smallest absolute Gasteiger partial charge is 0.339 e. The molecule has 110 valence electrons. The van der Waals surface area contributed by atoms with Gasteiger partial charge < -0.3 is 5.11 Å². The van der Waals surface area contributed by atoms with E-state index in [1.807, 2.05) is 0 Å². The maximum atomic E-state index is 12.3. The zero-order chi connectivity index (χ0) is 14.3. The van der Waals surface area contributed by atoms with Crippen molar-refractivity contribution in [3.05, 3.63) is 16.0 Å². The Labute approximate surface area is 122 Å². The molecule has 2 N–H and O–H groups in total. The second-order valence-electron chi connectivity index (χ2n) is 5.42. The van der Waals surface area contributed by atoms with Gasteiger partial charge in [-0.05, 0) is 37.7 Å². The Balaban J connectivity index is 1.93. The summed E-state index contributed by atoms with van der Waals surface area (Å²) in [5, 5.41) is 9.28. The molecule has 0 aromatic carbocycles. The van der Waals surface area contributed by atoms with Crippen LogP contribution in [0.2, 0.25) is 0 Å². The molecular weight excluding hydrogens is 298 g/mol. The third-order valence-electron chi connectivity index (χ3n) is 4.11. The van der Waals surface area contributed by atoms with Crippen LogP contribution in [0.25, 0.3) is 0 Å². The Bertz CT molecular complexity index is 642. The quantitative estimate of drug-likeness (QED) is 0.894. The Morgan fingerprint density at radius 1 is 1.20 bits per heavy atom. The number of thiophene rings is 1. The molecule has 0 bridgehead atoms. The summed E-state index contributed by atoms with van der Waals surface area (Å²) in [4.78, 5) is 12.4. The van der Waals surface area contributed by atoms with Gasteiger partial charge in [0.15, 0.2) is 0 Å². The molecular formula is C13H17NO4S2. The average Bonchev–Trinajstić information content (AvgIpc) is 3.02. The standard InChI is InChI=1S/C13H17NO4S2/c15-13(16)11-9-6-3-7-10(9)19-12(11)14-20(17,18)8-4-1-2-5-8/h8,14H,1-7H2,(H,15,16). The lowest BCUT2D eigenvalue weighted by molar-refractivity contribution is 0.0697. The monoisotopic (exact) mass is 315 g/mol. The van der Waals surface area contributed by atoms with Gasteiger partial charge in [0, 0.05) is 4.88 Å². The van der Waals surface area contributed by atoms with Crippen molar-refractivity contribution in [2.75, 3.05) is 4.72 Å². The third kappa shape index (κ3) is 2.33. The number of anilines is 1. The summed E-state index contributed by atoms with van der Waals surface area (Å²) in [6, 6.07) is 0. The molecule has 0 atom stereocenters. The number of aromatic carboxylic acids is 1. The summed E-state index contributed by atoms with van der Waals surface area (Å²) in [6.07, 6.45) is 5.74. The van der Waals surface area contributed by atoms with E-state index in [1.54, 1.807) is 0 Å². The van der Waals surface area contributed by atoms with Gasteiger partial charge in [-0.3, -0.25) is 4.72 Å². The summed E-state index contributed by atoms with van der Waals surface area (Å²) >= 11 is 1.29. The molecule has 1 saturated carbocycles. The van der Waals surface area contributed by atoms with Crippen LogP contribution in [0, 0.1) is 0 Å². The molecule has 0 saturated heterocycles. The molecule has 0 unspecified atom stereocenters. The number of aryl methyl sites for hydroxylation is 1. The first-order valence-corrected chi connectivity index (χ1v) is 9.25. The van der Waals surface area contributed by atoms with Crippen LogP contribution in [0.15, 0.2) is 0 Å². The number of carbonyl (C=O) groups is 1. The van der Waals surface area contributed by atoms with Crippen LogP contribution in [0.4, 0.5) is 5.00 Å². The summed E-state index contributed by atoms with van der Waals surface area (Å²) in [5.74, 6) is -1.03. The molecule has 0 amide bonds. The van der Waals surface area contributed by atoms with E-state index in [1.165, 1.54) is 11.3 Å². The van der Waals surface area contributed by atoms with Gasteiger partial charge in [-0.2, -0.15) is 0 Å². The van der Waals surface area contributed by atoms with Gasteiger partial charge in [-0.1, -0.05) is 12.8 Å². The zero-order valence-corrected chi connectivity index (χ0v) is 12.6. The molecule has 3 rings (SSSR count).